The van der Waals surface area contributed by atoms with Gasteiger partial charge in [0.15, 0.2) is 0 Å². The van der Waals surface area contributed by atoms with Gasteiger partial charge in [-0.1, -0.05) is 0 Å². The highest BCUT2D eigenvalue weighted by atomic mass is 35.5. The Kier molecular flexibility index (Phi) is 8.24. The number of nitrogens with one attached hydrogen (secondary N) is 1. The summed E-state index contributed by atoms with van der Waals surface area (Å²) >= 11 is 0. The molecule has 6 heteroatoms. The van der Waals surface area contributed by atoms with Crippen LogP contribution in [-0.2, 0) is 9.53 Å². The molecular weight excluding hydrogens is 304 g/mol. The molecule has 3 N–H and O–H groups in total. The van der Waals surface area contributed by atoms with Crippen molar-refractivity contribution in [1.29, 1.82) is 0 Å². The van der Waals surface area contributed by atoms with Crippen LogP contribution in [0, 0.1) is 0 Å². The van der Waals surface area contributed by atoms with E-state index in [2.05, 4.69) is 12.2 Å². The van der Waals surface area contributed by atoms with Crippen molar-refractivity contribution in [3.05, 3.63) is 24.3 Å². The number of carbonyl (C=O) groups excluding carboxylic acids is 1. The lowest BCUT2D eigenvalue weighted by molar-refractivity contribution is -0.116. The summed E-state index contributed by atoms with van der Waals surface area (Å²) in [5, 5.41) is 2.89. The summed E-state index contributed by atoms with van der Waals surface area (Å²) in [5.41, 5.74) is 6.15. The molecule has 124 valence electrons. The highest BCUT2D eigenvalue weighted by Gasteiger charge is 2.22. The van der Waals surface area contributed by atoms with Crippen LogP contribution in [0.25, 0.3) is 0 Å². The minimum atomic E-state index is 0. The Balaban J connectivity index is 0.00000242. The highest BCUT2D eigenvalue weighted by Crippen LogP contribution is 2.23. The maximum absolute atomic E-state index is 11.9. The Hall–Kier alpha value is -1.30. The summed E-state index contributed by atoms with van der Waals surface area (Å²) in [6.45, 7) is 3.06. The van der Waals surface area contributed by atoms with Gasteiger partial charge in [0.1, 0.15) is 12.4 Å². The number of hydrogen-bond donors (Lipinski definition) is 2. The predicted molar refractivity (Wildman–Crippen MR) is 89.7 cm³/mol. The van der Waals surface area contributed by atoms with Gasteiger partial charge in [0.05, 0.1) is 12.2 Å². The molecule has 0 radical (unpaired) electrons. The minimum Gasteiger partial charge on any atom is -0.492 e. The third-order valence-corrected chi connectivity index (χ3v) is 3.54. The first-order valence-electron chi connectivity index (χ1n) is 7.55. The van der Waals surface area contributed by atoms with Gasteiger partial charge in [0.25, 0.3) is 0 Å². The fourth-order valence-electron chi connectivity index (χ4n) is 2.42. The number of rotatable bonds is 7. The maximum Gasteiger partial charge on any atom is 0.224 e. The van der Waals surface area contributed by atoms with E-state index in [-0.39, 0.29) is 24.4 Å². The summed E-state index contributed by atoms with van der Waals surface area (Å²) in [7, 11) is 0. The van der Waals surface area contributed by atoms with Crippen molar-refractivity contribution in [2.75, 3.05) is 18.5 Å². The summed E-state index contributed by atoms with van der Waals surface area (Å²) in [6, 6.07) is 7.32. The van der Waals surface area contributed by atoms with Crippen LogP contribution >= 0.6 is 12.4 Å². The fraction of sp³-hybridized carbons (Fsp3) is 0.562. The van der Waals surface area contributed by atoms with Crippen LogP contribution in [0.1, 0.15) is 32.6 Å². The topological polar surface area (TPSA) is 73.6 Å². The van der Waals surface area contributed by atoms with Crippen LogP contribution < -0.4 is 15.8 Å². The lowest BCUT2D eigenvalue weighted by Crippen LogP contribution is -2.16. The Labute approximate surface area is 138 Å². The first-order chi connectivity index (χ1) is 10.2. The Bertz CT molecular complexity index is 453. The van der Waals surface area contributed by atoms with Gasteiger partial charge in [0, 0.05) is 18.7 Å². The fourth-order valence-corrected chi connectivity index (χ4v) is 2.42. The quantitative estimate of drug-likeness (QED) is 0.807. The van der Waals surface area contributed by atoms with Crippen molar-refractivity contribution in [2.45, 2.75) is 44.8 Å². The van der Waals surface area contributed by atoms with Gasteiger partial charge < -0.3 is 20.5 Å². The van der Waals surface area contributed by atoms with Crippen LogP contribution in [-0.4, -0.2) is 31.3 Å². The number of nitrogens with two attached hydrogens (primary N) is 1. The van der Waals surface area contributed by atoms with E-state index in [0.29, 0.717) is 25.7 Å². The van der Waals surface area contributed by atoms with Gasteiger partial charge in [-0.25, -0.2) is 0 Å². The van der Waals surface area contributed by atoms with Crippen molar-refractivity contribution in [2.24, 2.45) is 5.73 Å². The van der Waals surface area contributed by atoms with Crippen molar-refractivity contribution < 1.29 is 14.3 Å². The number of ether oxygens (including phenoxy) is 2. The molecule has 1 aromatic carbocycles. The standard InChI is InChI=1S/C16H24N2O3.ClH/c1-12-2-5-15(21-12)8-9-16(19)18-13-3-6-14(7-4-13)20-11-10-17;/h3-4,6-7,12,15H,2,5,8-11,17H2,1H3,(H,18,19);1H. The maximum atomic E-state index is 11.9. The number of anilines is 1. The summed E-state index contributed by atoms with van der Waals surface area (Å²) in [5.74, 6) is 0.778. The van der Waals surface area contributed by atoms with E-state index >= 15 is 0 Å². The number of halogens is 1. The molecule has 0 aliphatic carbocycles. The van der Waals surface area contributed by atoms with E-state index in [0.717, 1.165) is 30.7 Å². The normalized spacial score (nSPS) is 20.3. The summed E-state index contributed by atoms with van der Waals surface area (Å²) in [4.78, 5) is 11.9. The zero-order chi connectivity index (χ0) is 15.1. The average molecular weight is 329 g/mol. The molecule has 2 atom stereocenters. The molecule has 1 heterocycles. The van der Waals surface area contributed by atoms with E-state index in [9.17, 15) is 4.79 Å². The third-order valence-electron chi connectivity index (χ3n) is 3.54. The smallest absolute Gasteiger partial charge is 0.224 e. The largest absolute Gasteiger partial charge is 0.492 e. The Morgan fingerprint density at radius 1 is 1.36 bits per heavy atom. The van der Waals surface area contributed by atoms with Gasteiger partial charge >= 0.3 is 0 Å². The van der Waals surface area contributed by atoms with Crippen molar-refractivity contribution >= 4 is 24.0 Å². The van der Waals surface area contributed by atoms with Crippen molar-refractivity contribution in [3.8, 4) is 5.75 Å². The van der Waals surface area contributed by atoms with Gasteiger partial charge in [-0.3, -0.25) is 4.79 Å². The van der Waals surface area contributed by atoms with Crippen molar-refractivity contribution in [3.63, 3.8) is 0 Å². The van der Waals surface area contributed by atoms with Crippen LogP contribution in [0.4, 0.5) is 5.69 Å². The number of amides is 1. The first kappa shape index (κ1) is 18.7. The third kappa shape index (κ3) is 6.22. The lowest BCUT2D eigenvalue weighted by atomic mass is 10.1. The van der Waals surface area contributed by atoms with Gasteiger partial charge in [-0.05, 0) is 50.5 Å². The lowest BCUT2D eigenvalue weighted by Gasteiger charge is -2.11. The monoisotopic (exact) mass is 328 g/mol. The Morgan fingerprint density at radius 3 is 2.68 bits per heavy atom. The molecule has 0 spiro atoms. The summed E-state index contributed by atoms with van der Waals surface area (Å²) < 4.78 is 11.1. The second kappa shape index (κ2) is 9.66. The van der Waals surface area contributed by atoms with Crippen LogP contribution in [0.5, 0.6) is 5.75 Å². The molecule has 0 saturated carbocycles. The highest BCUT2D eigenvalue weighted by molar-refractivity contribution is 5.90. The van der Waals surface area contributed by atoms with E-state index in [1.807, 2.05) is 24.3 Å². The van der Waals surface area contributed by atoms with E-state index in [1.54, 1.807) is 0 Å². The molecule has 1 saturated heterocycles. The van der Waals surface area contributed by atoms with Crippen LogP contribution in [0.3, 0.4) is 0 Å². The second-order valence-corrected chi connectivity index (χ2v) is 5.39. The van der Waals surface area contributed by atoms with Gasteiger partial charge in [-0.15, -0.1) is 12.4 Å². The molecule has 2 unspecified atom stereocenters. The molecule has 22 heavy (non-hydrogen) atoms. The molecule has 1 aliphatic heterocycles. The van der Waals surface area contributed by atoms with Crippen LogP contribution in [0.15, 0.2) is 24.3 Å². The predicted octanol–water partition coefficient (Wildman–Crippen LogP) is 2.73. The number of hydrogen-bond acceptors (Lipinski definition) is 4. The zero-order valence-electron chi connectivity index (χ0n) is 12.9. The number of benzene rings is 1. The molecule has 1 aliphatic rings. The van der Waals surface area contributed by atoms with Gasteiger partial charge in [0.2, 0.25) is 5.91 Å². The van der Waals surface area contributed by atoms with E-state index in [4.69, 9.17) is 15.2 Å². The first-order valence-corrected chi connectivity index (χ1v) is 7.55. The summed E-state index contributed by atoms with van der Waals surface area (Å²) in [6.07, 6.45) is 3.99. The van der Waals surface area contributed by atoms with E-state index in [1.165, 1.54) is 0 Å². The second-order valence-electron chi connectivity index (χ2n) is 5.39. The molecule has 0 aromatic heterocycles. The molecule has 5 nitrogen and oxygen atoms in total. The van der Waals surface area contributed by atoms with Crippen LogP contribution in [0.2, 0.25) is 0 Å². The molecule has 1 amide bonds. The SMILES string of the molecule is CC1CCC(CCC(=O)Nc2ccc(OCCN)cc2)O1.Cl. The zero-order valence-corrected chi connectivity index (χ0v) is 13.7. The molecular formula is C16H25ClN2O3. The van der Waals surface area contributed by atoms with Gasteiger partial charge in [-0.2, -0.15) is 0 Å². The van der Waals surface area contributed by atoms with E-state index < -0.39 is 0 Å². The minimum absolute atomic E-state index is 0. The molecule has 1 fully saturated rings. The molecule has 0 bridgehead atoms. The average Bonchev–Trinajstić information content (AvgIpc) is 2.90. The number of carbonyl (C=O) groups is 1. The van der Waals surface area contributed by atoms with Crippen molar-refractivity contribution in [1.82, 2.24) is 0 Å². The molecule has 1 aromatic rings. The molecule has 2 rings (SSSR count). The Morgan fingerprint density at radius 2 is 2.09 bits per heavy atom.